The fourth-order valence-electron chi connectivity index (χ4n) is 2.11. The maximum atomic E-state index is 4.65. The van der Waals surface area contributed by atoms with Crippen LogP contribution in [-0.2, 0) is 6.42 Å². The average molecular weight is 265 g/mol. The Morgan fingerprint density at radius 3 is 2.94 bits per heavy atom. The lowest BCUT2D eigenvalue weighted by atomic mass is 9.91. The van der Waals surface area contributed by atoms with Gasteiger partial charge in [-0.1, -0.05) is 20.8 Å². The van der Waals surface area contributed by atoms with Crippen LogP contribution in [0, 0.1) is 11.8 Å². The van der Waals surface area contributed by atoms with Gasteiger partial charge in [0.25, 0.3) is 0 Å². The molecule has 2 unspecified atom stereocenters. The van der Waals surface area contributed by atoms with Crippen molar-refractivity contribution in [3.8, 4) is 0 Å². The summed E-state index contributed by atoms with van der Waals surface area (Å²) in [5.41, 5.74) is 1.22. The summed E-state index contributed by atoms with van der Waals surface area (Å²) < 4.78 is 2.12. The van der Waals surface area contributed by atoms with Gasteiger partial charge < -0.3 is 5.32 Å². The molecular weight excluding hydrogens is 242 g/mol. The monoisotopic (exact) mass is 265 g/mol. The number of aromatic nitrogens is 2. The quantitative estimate of drug-likeness (QED) is 0.779. The Labute approximate surface area is 113 Å². The van der Waals surface area contributed by atoms with Crippen LogP contribution in [0.1, 0.15) is 32.9 Å². The highest BCUT2D eigenvalue weighted by Crippen LogP contribution is 2.18. The second kappa shape index (κ2) is 6.34. The Morgan fingerprint density at radius 2 is 2.22 bits per heavy atom. The van der Waals surface area contributed by atoms with E-state index in [1.54, 1.807) is 11.3 Å². The number of hydrogen-bond acceptors (Lipinski definition) is 3. The van der Waals surface area contributed by atoms with Crippen molar-refractivity contribution in [1.82, 2.24) is 14.7 Å². The van der Waals surface area contributed by atoms with Gasteiger partial charge >= 0.3 is 0 Å². The first-order valence-corrected chi connectivity index (χ1v) is 7.70. The van der Waals surface area contributed by atoms with E-state index in [9.17, 15) is 0 Å². The Balaban J connectivity index is 1.86. The van der Waals surface area contributed by atoms with Crippen molar-refractivity contribution in [2.45, 2.75) is 33.6 Å². The molecule has 100 valence electrons. The van der Waals surface area contributed by atoms with Crippen molar-refractivity contribution >= 4 is 16.3 Å². The second-order valence-corrected chi connectivity index (χ2v) is 6.06. The molecule has 0 bridgehead atoms. The van der Waals surface area contributed by atoms with Gasteiger partial charge in [-0.05, 0) is 37.8 Å². The van der Waals surface area contributed by atoms with Gasteiger partial charge in [-0.3, -0.25) is 4.40 Å². The summed E-state index contributed by atoms with van der Waals surface area (Å²) in [6.45, 7) is 9.09. The Bertz CT molecular complexity index is 446. The van der Waals surface area contributed by atoms with Crippen molar-refractivity contribution < 1.29 is 0 Å². The van der Waals surface area contributed by atoms with Crippen LogP contribution in [0.15, 0.2) is 17.8 Å². The lowest BCUT2D eigenvalue weighted by Crippen LogP contribution is -2.26. The average Bonchev–Trinajstić information content (AvgIpc) is 2.89. The van der Waals surface area contributed by atoms with E-state index in [1.165, 1.54) is 12.1 Å². The van der Waals surface area contributed by atoms with E-state index in [0.717, 1.165) is 24.5 Å². The molecule has 1 N–H and O–H groups in total. The minimum atomic E-state index is 0.666. The molecule has 2 heterocycles. The Morgan fingerprint density at radius 1 is 1.39 bits per heavy atom. The number of hydrogen-bond donors (Lipinski definition) is 1. The van der Waals surface area contributed by atoms with Crippen molar-refractivity contribution in [2.75, 3.05) is 13.1 Å². The molecule has 3 nitrogen and oxygen atoms in total. The smallest absolute Gasteiger partial charge is 0.193 e. The van der Waals surface area contributed by atoms with Gasteiger partial charge in [0, 0.05) is 17.8 Å². The summed E-state index contributed by atoms with van der Waals surface area (Å²) in [4.78, 5) is 5.76. The highest BCUT2D eigenvalue weighted by atomic mass is 32.1. The fourth-order valence-corrected chi connectivity index (χ4v) is 2.83. The van der Waals surface area contributed by atoms with Crippen molar-refractivity contribution in [3.63, 3.8) is 0 Å². The third-order valence-corrected chi connectivity index (χ3v) is 4.31. The van der Waals surface area contributed by atoms with E-state index in [2.05, 4.69) is 53.2 Å². The standard InChI is InChI=1S/C14H23N3S/c1-4-5-15-9-12(3)11(2)8-13-10-17-6-7-18-14(17)16-13/h6-7,10-12,15H,4-5,8-9H2,1-3H3. The van der Waals surface area contributed by atoms with Gasteiger partial charge in [0.15, 0.2) is 4.96 Å². The first kappa shape index (κ1) is 13.6. The first-order chi connectivity index (χ1) is 8.70. The normalized spacial score (nSPS) is 15.1. The summed E-state index contributed by atoms with van der Waals surface area (Å²) in [7, 11) is 0. The zero-order valence-electron chi connectivity index (χ0n) is 11.5. The van der Waals surface area contributed by atoms with Crippen molar-refractivity contribution in [1.29, 1.82) is 0 Å². The molecule has 0 saturated heterocycles. The Hall–Kier alpha value is -0.870. The predicted octanol–water partition coefficient (Wildman–Crippen LogP) is 3.21. The minimum absolute atomic E-state index is 0.666. The molecule has 18 heavy (non-hydrogen) atoms. The molecule has 2 rings (SSSR count). The van der Waals surface area contributed by atoms with Gasteiger partial charge in [-0.15, -0.1) is 11.3 Å². The molecule has 2 aromatic rings. The van der Waals surface area contributed by atoms with Crippen LogP contribution >= 0.6 is 11.3 Å². The van der Waals surface area contributed by atoms with Gasteiger partial charge in [-0.2, -0.15) is 0 Å². The van der Waals surface area contributed by atoms with Crippen molar-refractivity contribution in [3.05, 3.63) is 23.5 Å². The highest BCUT2D eigenvalue weighted by molar-refractivity contribution is 7.15. The van der Waals surface area contributed by atoms with E-state index in [0.29, 0.717) is 11.8 Å². The van der Waals surface area contributed by atoms with E-state index < -0.39 is 0 Å². The molecule has 0 aliphatic rings. The lowest BCUT2D eigenvalue weighted by molar-refractivity contribution is 0.363. The molecule has 0 spiro atoms. The molecular formula is C14H23N3S. The third-order valence-electron chi connectivity index (χ3n) is 3.54. The first-order valence-electron chi connectivity index (χ1n) is 6.82. The maximum absolute atomic E-state index is 4.65. The molecule has 0 aromatic carbocycles. The molecule has 2 aromatic heterocycles. The summed E-state index contributed by atoms with van der Waals surface area (Å²) in [5, 5.41) is 5.58. The summed E-state index contributed by atoms with van der Waals surface area (Å²) >= 11 is 1.70. The van der Waals surface area contributed by atoms with Crippen LogP contribution in [0.3, 0.4) is 0 Å². The number of fused-ring (bicyclic) bond motifs is 1. The maximum Gasteiger partial charge on any atom is 0.193 e. The molecule has 4 heteroatoms. The summed E-state index contributed by atoms with van der Waals surface area (Å²) in [6, 6.07) is 0. The predicted molar refractivity (Wildman–Crippen MR) is 78.3 cm³/mol. The zero-order valence-corrected chi connectivity index (χ0v) is 12.3. The molecule has 0 aliphatic carbocycles. The van der Waals surface area contributed by atoms with Crippen LogP contribution in [0.4, 0.5) is 0 Å². The molecule has 0 aliphatic heterocycles. The van der Waals surface area contributed by atoms with E-state index in [1.807, 2.05) is 0 Å². The number of nitrogens with zero attached hydrogens (tertiary/aromatic N) is 2. The third kappa shape index (κ3) is 3.33. The minimum Gasteiger partial charge on any atom is -0.316 e. The van der Waals surface area contributed by atoms with Gasteiger partial charge in [0.05, 0.1) is 5.69 Å². The van der Waals surface area contributed by atoms with Crippen LogP contribution in [0.25, 0.3) is 4.96 Å². The highest BCUT2D eigenvalue weighted by Gasteiger charge is 2.14. The number of imidazole rings is 1. The van der Waals surface area contributed by atoms with Gasteiger partial charge in [0.1, 0.15) is 0 Å². The fraction of sp³-hybridized carbons (Fsp3) is 0.643. The molecule has 0 radical (unpaired) electrons. The second-order valence-electron chi connectivity index (χ2n) is 5.19. The van der Waals surface area contributed by atoms with Crippen molar-refractivity contribution in [2.24, 2.45) is 11.8 Å². The van der Waals surface area contributed by atoms with Gasteiger partial charge in [0.2, 0.25) is 0 Å². The van der Waals surface area contributed by atoms with Crippen LogP contribution in [0.2, 0.25) is 0 Å². The van der Waals surface area contributed by atoms with Crippen LogP contribution in [-0.4, -0.2) is 22.5 Å². The number of thiazole rings is 1. The SMILES string of the molecule is CCCNCC(C)C(C)Cc1cn2ccsc2n1. The van der Waals surface area contributed by atoms with Gasteiger partial charge in [-0.25, -0.2) is 4.98 Å². The largest absolute Gasteiger partial charge is 0.316 e. The van der Waals surface area contributed by atoms with E-state index >= 15 is 0 Å². The number of nitrogens with one attached hydrogen (secondary N) is 1. The van der Waals surface area contributed by atoms with Crippen LogP contribution < -0.4 is 5.32 Å². The number of rotatable bonds is 7. The summed E-state index contributed by atoms with van der Waals surface area (Å²) in [5.74, 6) is 1.36. The van der Waals surface area contributed by atoms with E-state index in [4.69, 9.17) is 0 Å². The molecule has 2 atom stereocenters. The molecule has 0 amide bonds. The summed E-state index contributed by atoms with van der Waals surface area (Å²) in [6.07, 6.45) is 6.52. The van der Waals surface area contributed by atoms with Crippen LogP contribution in [0.5, 0.6) is 0 Å². The zero-order chi connectivity index (χ0) is 13.0. The molecule has 0 saturated carbocycles. The Kier molecular flexibility index (Phi) is 4.78. The molecule has 0 fully saturated rings. The van der Waals surface area contributed by atoms with E-state index in [-0.39, 0.29) is 0 Å². The topological polar surface area (TPSA) is 29.3 Å². The lowest BCUT2D eigenvalue weighted by Gasteiger charge is -2.19.